The summed E-state index contributed by atoms with van der Waals surface area (Å²) in [6, 6.07) is 0. The van der Waals surface area contributed by atoms with Crippen molar-refractivity contribution in [3.8, 4) is 0 Å². The molecular formula is C9H9BrN6O4. The highest BCUT2D eigenvalue weighted by Gasteiger charge is 2.08. The van der Waals surface area contributed by atoms with E-state index in [0.29, 0.717) is 10.3 Å². The maximum Gasteiger partial charge on any atom is 0.433 e. The molecule has 0 atom stereocenters. The summed E-state index contributed by atoms with van der Waals surface area (Å²) in [5.74, 6) is -0.472. The molecule has 2 aromatic rings. The van der Waals surface area contributed by atoms with Gasteiger partial charge in [0.1, 0.15) is 12.4 Å². The molecule has 20 heavy (non-hydrogen) atoms. The third kappa shape index (κ3) is 4.61. The molecule has 2 rings (SSSR count). The first-order valence-corrected chi connectivity index (χ1v) is 5.91. The van der Waals surface area contributed by atoms with E-state index in [1.165, 1.54) is 12.4 Å². The highest BCUT2D eigenvalue weighted by molar-refractivity contribution is 9.10. The van der Waals surface area contributed by atoms with Crippen molar-refractivity contribution in [1.29, 1.82) is 0 Å². The molecule has 0 aliphatic heterocycles. The quantitative estimate of drug-likeness (QED) is 0.646. The molecule has 0 aliphatic rings. The van der Waals surface area contributed by atoms with Crippen LogP contribution in [0.1, 0.15) is 12.6 Å². The van der Waals surface area contributed by atoms with Crippen molar-refractivity contribution < 1.29 is 9.85 Å². The molecule has 0 saturated carbocycles. The first-order chi connectivity index (χ1) is 9.43. The molecule has 106 valence electrons. The smallest absolute Gasteiger partial charge is 0.390 e. The van der Waals surface area contributed by atoms with Crippen LogP contribution < -0.4 is 0 Å². The van der Waals surface area contributed by atoms with E-state index in [4.69, 9.17) is 0 Å². The van der Waals surface area contributed by atoms with Crippen molar-refractivity contribution in [2.45, 2.75) is 6.92 Å². The molecule has 0 spiro atoms. The van der Waals surface area contributed by atoms with Crippen LogP contribution in [-0.4, -0.2) is 29.8 Å². The number of aromatic nitrogens is 4. The Bertz CT molecular complexity index is 634. The van der Waals surface area contributed by atoms with Crippen LogP contribution in [0.3, 0.4) is 0 Å². The number of nitrogens with zero attached hydrogens (tertiary/aromatic N) is 4. The van der Waals surface area contributed by atoms with Crippen LogP contribution in [0.2, 0.25) is 0 Å². The Hall–Kier alpha value is -2.56. The van der Waals surface area contributed by atoms with Crippen molar-refractivity contribution in [3.63, 3.8) is 0 Å². The normalized spacial score (nSPS) is 10.1. The van der Waals surface area contributed by atoms with Crippen molar-refractivity contribution in [3.05, 3.63) is 49.0 Å². The Labute approximate surface area is 120 Å². The molecule has 0 radical (unpaired) electrons. The molecule has 0 aromatic carbocycles. The van der Waals surface area contributed by atoms with Gasteiger partial charge in [0.25, 0.3) is 0 Å². The zero-order valence-electron chi connectivity index (χ0n) is 10.1. The summed E-state index contributed by atoms with van der Waals surface area (Å²) in [4.78, 5) is 30.8. The fraction of sp³-hybridized carbons (Fsp3) is 0.111. The fourth-order valence-electron chi connectivity index (χ4n) is 1.06. The average Bonchev–Trinajstić information content (AvgIpc) is 2.99. The number of hydrogen-bond acceptors (Lipinski definition) is 6. The summed E-state index contributed by atoms with van der Waals surface area (Å²) in [5.41, 5.74) is 0.569. The van der Waals surface area contributed by atoms with Crippen LogP contribution in [0.15, 0.2) is 23.1 Å². The molecular weight excluding hydrogens is 336 g/mol. The predicted octanol–water partition coefficient (Wildman–Crippen LogP) is 2.43. The number of imidazole rings is 2. The Balaban J connectivity index is 0.000000204. The molecule has 0 fully saturated rings. The second-order valence-corrected chi connectivity index (χ2v) is 4.02. The van der Waals surface area contributed by atoms with Gasteiger partial charge in [-0.15, -0.1) is 0 Å². The lowest BCUT2D eigenvalue weighted by molar-refractivity contribution is -0.394. The fourth-order valence-corrected chi connectivity index (χ4v) is 1.34. The molecule has 2 N–H and O–H groups in total. The third-order valence-corrected chi connectivity index (χ3v) is 2.21. The first kappa shape index (κ1) is 15.5. The molecule has 0 amide bonds. The van der Waals surface area contributed by atoms with Crippen LogP contribution in [0, 0.1) is 20.2 Å². The zero-order valence-corrected chi connectivity index (χ0v) is 11.7. The highest BCUT2D eigenvalue weighted by atomic mass is 79.9. The van der Waals surface area contributed by atoms with Crippen LogP contribution in [0.4, 0.5) is 11.9 Å². The van der Waals surface area contributed by atoms with Gasteiger partial charge in [0, 0.05) is 0 Å². The van der Waals surface area contributed by atoms with E-state index >= 15 is 0 Å². The molecule has 0 bridgehead atoms. The molecule has 0 unspecified atom stereocenters. The summed E-state index contributed by atoms with van der Waals surface area (Å²) >= 11 is 2.95. The highest BCUT2D eigenvalue weighted by Crippen LogP contribution is 2.09. The van der Waals surface area contributed by atoms with Crippen LogP contribution in [0.25, 0.3) is 6.08 Å². The number of H-pyrrole nitrogens is 2. The van der Waals surface area contributed by atoms with Crippen LogP contribution >= 0.6 is 15.9 Å². The second-order valence-electron chi connectivity index (χ2n) is 3.21. The minimum Gasteiger partial charge on any atom is -0.390 e. The molecule has 0 saturated heterocycles. The molecule has 2 heterocycles. The van der Waals surface area contributed by atoms with Gasteiger partial charge >= 0.3 is 11.9 Å². The number of hydrogen-bond donors (Lipinski definition) is 2. The number of aromatic amines is 2. The van der Waals surface area contributed by atoms with Crippen molar-refractivity contribution >= 4 is 33.9 Å². The largest absolute Gasteiger partial charge is 0.433 e. The van der Waals surface area contributed by atoms with Gasteiger partial charge in [-0.3, -0.25) is 0 Å². The third-order valence-electron chi connectivity index (χ3n) is 1.80. The first-order valence-electron chi connectivity index (χ1n) is 5.11. The molecule has 10 nitrogen and oxygen atoms in total. The second kappa shape index (κ2) is 7.13. The topological polar surface area (TPSA) is 144 Å². The van der Waals surface area contributed by atoms with Gasteiger partial charge in [-0.1, -0.05) is 16.0 Å². The Kier molecular flexibility index (Phi) is 5.53. The number of rotatable bonds is 3. The van der Waals surface area contributed by atoms with E-state index in [1.54, 1.807) is 12.2 Å². The van der Waals surface area contributed by atoms with Crippen LogP contribution in [-0.2, 0) is 0 Å². The summed E-state index contributed by atoms with van der Waals surface area (Å²) in [6.07, 6.45) is 6.33. The molecule has 11 heteroatoms. The number of nitrogens with one attached hydrogen (secondary N) is 2. The van der Waals surface area contributed by atoms with E-state index in [9.17, 15) is 20.2 Å². The monoisotopic (exact) mass is 344 g/mol. The van der Waals surface area contributed by atoms with Gasteiger partial charge < -0.3 is 20.2 Å². The van der Waals surface area contributed by atoms with Crippen molar-refractivity contribution in [2.24, 2.45) is 0 Å². The predicted molar refractivity (Wildman–Crippen MR) is 72.9 cm³/mol. The maximum absolute atomic E-state index is 10.1. The number of allylic oxidation sites excluding steroid dienone is 1. The maximum atomic E-state index is 10.1. The molecule has 2 aromatic heterocycles. The van der Waals surface area contributed by atoms with Gasteiger partial charge in [-0.2, -0.15) is 0 Å². The van der Waals surface area contributed by atoms with E-state index < -0.39 is 9.85 Å². The van der Waals surface area contributed by atoms with E-state index in [-0.39, 0.29) is 11.9 Å². The SMILES string of the molecule is CC=Cc1c[nH]c([N+](=O)[O-])n1.O=[N+]([O-])c1nc(Br)c[nH]1. The van der Waals surface area contributed by atoms with Gasteiger partial charge in [0.15, 0.2) is 5.69 Å². The van der Waals surface area contributed by atoms with E-state index in [1.807, 2.05) is 6.92 Å². The lowest BCUT2D eigenvalue weighted by Gasteiger charge is -1.84. The summed E-state index contributed by atoms with van der Waals surface area (Å²) in [5, 5.41) is 20.0. The van der Waals surface area contributed by atoms with Gasteiger partial charge in [0.2, 0.25) is 4.60 Å². The standard InChI is InChI=1S/C6H7N3O2.C3H2BrN3O2/c1-2-3-5-4-7-6(8-5)9(10)11;4-2-1-5-3(6-2)7(8)9/h2-4H,1H3,(H,7,8);1H,(H,5,6). The summed E-state index contributed by atoms with van der Waals surface area (Å²) in [7, 11) is 0. The Morgan fingerprint density at radius 2 is 1.70 bits per heavy atom. The summed E-state index contributed by atoms with van der Waals surface area (Å²) < 4.78 is 0.439. The lowest BCUT2D eigenvalue weighted by Crippen LogP contribution is -1.88. The Morgan fingerprint density at radius 1 is 1.15 bits per heavy atom. The van der Waals surface area contributed by atoms with Crippen molar-refractivity contribution in [2.75, 3.05) is 0 Å². The van der Waals surface area contributed by atoms with Crippen LogP contribution in [0.5, 0.6) is 0 Å². The lowest BCUT2D eigenvalue weighted by atomic mass is 10.4. The Morgan fingerprint density at radius 3 is 2.05 bits per heavy atom. The van der Waals surface area contributed by atoms with E-state index in [2.05, 4.69) is 35.9 Å². The minimum atomic E-state index is -0.592. The molecule has 0 aliphatic carbocycles. The van der Waals surface area contributed by atoms with E-state index in [0.717, 1.165) is 0 Å². The number of halogens is 1. The van der Waals surface area contributed by atoms with Gasteiger partial charge in [-0.25, -0.2) is 9.97 Å². The van der Waals surface area contributed by atoms with Crippen molar-refractivity contribution in [1.82, 2.24) is 19.9 Å². The zero-order chi connectivity index (χ0) is 15.1. The summed E-state index contributed by atoms with van der Waals surface area (Å²) in [6.45, 7) is 1.82. The average molecular weight is 345 g/mol. The number of nitro groups is 2. The van der Waals surface area contributed by atoms with Gasteiger partial charge in [0.05, 0.1) is 0 Å². The minimum absolute atomic E-state index is 0.224. The van der Waals surface area contributed by atoms with Gasteiger partial charge in [-0.05, 0) is 38.8 Å².